The summed E-state index contributed by atoms with van der Waals surface area (Å²) in [5.74, 6) is -3.77. The van der Waals surface area contributed by atoms with Crippen molar-refractivity contribution in [3.05, 3.63) is 58.9 Å². The minimum absolute atomic E-state index is 0.123. The van der Waals surface area contributed by atoms with Crippen LogP contribution in [0.3, 0.4) is 0 Å². The lowest BCUT2D eigenvalue weighted by molar-refractivity contribution is -0.153. The van der Waals surface area contributed by atoms with Crippen molar-refractivity contribution < 1.29 is 45.0 Å². The van der Waals surface area contributed by atoms with E-state index in [9.17, 15) is 31.2 Å². The lowest BCUT2D eigenvalue weighted by Crippen LogP contribution is -2.51. The molecule has 2 fully saturated rings. The molecule has 2 heterocycles. The van der Waals surface area contributed by atoms with Crippen molar-refractivity contribution in [1.29, 1.82) is 0 Å². The third kappa shape index (κ3) is 8.40. The van der Waals surface area contributed by atoms with Gasteiger partial charge in [0.15, 0.2) is 22.3 Å². The Balaban J connectivity index is 1.61. The van der Waals surface area contributed by atoms with E-state index in [0.717, 1.165) is 23.3 Å². The lowest BCUT2D eigenvalue weighted by Gasteiger charge is -2.34. The number of nitrogens with zero attached hydrogens (tertiary/aromatic N) is 2. The number of halogens is 4. The molecule has 0 saturated carbocycles. The Bertz CT molecular complexity index is 1510. The fourth-order valence-corrected chi connectivity index (χ4v) is 7.51. The molecule has 2 amide bonds. The molecule has 4 rings (SSSR count). The number of benzene rings is 2. The Morgan fingerprint density at radius 3 is 2.45 bits per heavy atom. The highest BCUT2D eigenvalue weighted by Gasteiger charge is 2.51. The van der Waals surface area contributed by atoms with Gasteiger partial charge in [-0.1, -0.05) is 45.0 Å². The molecule has 0 radical (unpaired) electrons. The largest absolute Gasteiger partial charge is 0.482 e. The van der Waals surface area contributed by atoms with Crippen LogP contribution in [0.4, 0.5) is 28.0 Å². The highest BCUT2D eigenvalue weighted by molar-refractivity contribution is 7.91. The smallest absolute Gasteiger partial charge is 0.422 e. The number of amides is 2. The maximum absolute atomic E-state index is 15.3. The topological polar surface area (TPSA) is 105 Å². The van der Waals surface area contributed by atoms with Gasteiger partial charge in [-0.25, -0.2) is 17.6 Å². The van der Waals surface area contributed by atoms with Gasteiger partial charge in [-0.2, -0.15) is 13.2 Å². The summed E-state index contributed by atoms with van der Waals surface area (Å²) in [6.45, 7) is 4.38. The third-order valence-corrected chi connectivity index (χ3v) is 9.27. The Labute approximate surface area is 254 Å². The van der Waals surface area contributed by atoms with E-state index in [1.54, 1.807) is 14.1 Å². The van der Waals surface area contributed by atoms with Crippen LogP contribution >= 0.6 is 0 Å². The molecular formula is C30H37F4N3O6S. The maximum atomic E-state index is 15.3. The van der Waals surface area contributed by atoms with Gasteiger partial charge in [0, 0.05) is 12.5 Å². The van der Waals surface area contributed by atoms with E-state index in [0.29, 0.717) is 0 Å². The van der Waals surface area contributed by atoms with Gasteiger partial charge in [0.1, 0.15) is 17.5 Å². The number of hydrogen-bond acceptors (Lipinski definition) is 7. The second-order valence-corrected chi connectivity index (χ2v) is 14.8. The van der Waals surface area contributed by atoms with Crippen LogP contribution in [0.1, 0.15) is 37.5 Å². The first kappa shape index (κ1) is 33.5. The van der Waals surface area contributed by atoms with Crippen LogP contribution in [0.25, 0.3) is 0 Å². The van der Waals surface area contributed by atoms with Gasteiger partial charge in [0.2, 0.25) is 5.91 Å². The maximum Gasteiger partial charge on any atom is 0.422 e. The van der Waals surface area contributed by atoms with E-state index < -0.39 is 69.9 Å². The first-order valence-corrected chi connectivity index (χ1v) is 15.9. The summed E-state index contributed by atoms with van der Waals surface area (Å²) in [6.07, 6.45) is -6.40. The minimum Gasteiger partial charge on any atom is -0.482 e. The molecule has 2 aliphatic heterocycles. The van der Waals surface area contributed by atoms with E-state index >= 15 is 4.39 Å². The van der Waals surface area contributed by atoms with Crippen molar-refractivity contribution in [3.63, 3.8) is 0 Å². The van der Waals surface area contributed by atoms with Gasteiger partial charge < -0.3 is 19.7 Å². The van der Waals surface area contributed by atoms with E-state index in [-0.39, 0.29) is 42.0 Å². The first-order valence-electron chi connectivity index (χ1n) is 14.0. The standard InChI is InChI=1S/C30H37F4N3O6S/c1-29(2,3)21-8-6-7-18(10-21)13-37-23-16-44(40,41)15-20(27(23)43-28(37)39)9-19-11-22(31)26(35-25(38)14-36(4)5)24(12-19)42-17-30(32,33)34/h6-8,10-12,20,23,27H,9,13-17H2,1-5H3,(H,35,38)/t20-,23+,27+/m1/s1. The lowest BCUT2D eigenvalue weighted by atomic mass is 9.86. The molecular weight excluding hydrogens is 606 g/mol. The fraction of sp³-hybridized carbons (Fsp3) is 0.533. The van der Waals surface area contributed by atoms with Crippen LogP contribution in [0.2, 0.25) is 0 Å². The van der Waals surface area contributed by atoms with Gasteiger partial charge in [-0.3, -0.25) is 9.69 Å². The molecule has 2 aromatic carbocycles. The highest BCUT2D eigenvalue weighted by Crippen LogP contribution is 2.37. The van der Waals surface area contributed by atoms with E-state index in [2.05, 4.69) is 26.1 Å². The van der Waals surface area contributed by atoms with Crippen LogP contribution in [0.5, 0.6) is 5.75 Å². The van der Waals surface area contributed by atoms with Crippen molar-refractivity contribution in [1.82, 2.24) is 9.80 Å². The summed E-state index contributed by atoms with van der Waals surface area (Å²) >= 11 is 0. The van der Waals surface area contributed by atoms with Crippen molar-refractivity contribution in [2.24, 2.45) is 5.92 Å². The van der Waals surface area contributed by atoms with E-state index in [4.69, 9.17) is 9.47 Å². The number of hydrogen-bond donors (Lipinski definition) is 1. The normalized spacial score (nSPS) is 21.6. The number of ether oxygens (including phenoxy) is 2. The van der Waals surface area contributed by atoms with Gasteiger partial charge in [0.25, 0.3) is 0 Å². The molecule has 2 saturated heterocycles. The Kier molecular flexibility index (Phi) is 9.55. The summed E-state index contributed by atoms with van der Waals surface area (Å²) in [6, 6.07) is 8.99. The Morgan fingerprint density at radius 1 is 1.11 bits per heavy atom. The number of fused-ring (bicyclic) bond motifs is 1. The second kappa shape index (κ2) is 12.5. The van der Waals surface area contributed by atoms with Gasteiger partial charge >= 0.3 is 12.3 Å². The number of nitrogens with one attached hydrogen (secondary N) is 1. The van der Waals surface area contributed by atoms with Crippen LogP contribution in [0.15, 0.2) is 36.4 Å². The van der Waals surface area contributed by atoms with Crippen LogP contribution in [-0.4, -0.2) is 87.3 Å². The molecule has 2 aliphatic rings. The molecule has 3 atom stereocenters. The van der Waals surface area contributed by atoms with Crippen LogP contribution in [-0.2, 0) is 37.7 Å². The summed E-state index contributed by atoms with van der Waals surface area (Å²) < 4.78 is 90.9. The molecule has 0 bridgehead atoms. The van der Waals surface area contributed by atoms with Gasteiger partial charge in [0.05, 0.1) is 24.1 Å². The zero-order valence-electron chi connectivity index (χ0n) is 25.2. The minimum atomic E-state index is -4.74. The highest BCUT2D eigenvalue weighted by atomic mass is 32.2. The average Bonchev–Trinajstić information content (AvgIpc) is 3.17. The number of likely N-dealkylation sites (N-methyl/N-ethyl adjacent to an activating group) is 1. The molecule has 0 unspecified atom stereocenters. The Hall–Kier alpha value is -3.39. The SMILES string of the molecule is CN(C)CC(=O)Nc1c(F)cc(C[C@@H]2CS(=O)(=O)C[C@H]3[C@H]2OC(=O)N3Cc2cccc(C(C)(C)C)c2)cc1OCC(F)(F)F. The van der Waals surface area contributed by atoms with Crippen LogP contribution < -0.4 is 10.1 Å². The average molecular weight is 644 g/mol. The molecule has 0 spiro atoms. The predicted molar refractivity (Wildman–Crippen MR) is 156 cm³/mol. The molecule has 1 N–H and O–H groups in total. The number of rotatable bonds is 9. The number of anilines is 1. The molecule has 44 heavy (non-hydrogen) atoms. The molecule has 0 aliphatic carbocycles. The van der Waals surface area contributed by atoms with E-state index in [1.807, 2.05) is 24.3 Å². The molecule has 2 aromatic rings. The molecule has 242 valence electrons. The summed E-state index contributed by atoms with van der Waals surface area (Å²) in [5.41, 5.74) is 1.26. The predicted octanol–water partition coefficient (Wildman–Crippen LogP) is 4.54. The number of sulfone groups is 1. The quantitative estimate of drug-likeness (QED) is 0.400. The molecule has 14 heteroatoms. The first-order chi connectivity index (χ1) is 20.3. The molecule has 9 nitrogen and oxygen atoms in total. The van der Waals surface area contributed by atoms with Crippen molar-refractivity contribution in [3.8, 4) is 5.75 Å². The van der Waals surface area contributed by atoms with Gasteiger partial charge in [-0.05, 0) is 54.8 Å². The fourth-order valence-electron chi connectivity index (χ4n) is 5.53. The summed E-state index contributed by atoms with van der Waals surface area (Å²) in [4.78, 5) is 28.2. The Morgan fingerprint density at radius 2 is 1.82 bits per heavy atom. The number of carbonyl (C=O) groups excluding carboxylic acids is 2. The van der Waals surface area contributed by atoms with E-state index in [1.165, 1.54) is 9.80 Å². The summed E-state index contributed by atoms with van der Waals surface area (Å²) in [5, 5.41) is 2.26. The second-order valence-electron chi connectivity index (χ2n) is 12.7. The van der Waals surface area contributed by atoms with Crippen molar-refractivity contribution in [2.45, 2.75) is 57.5 Å². The van der Waals surface area contributed by atoms with Crippen LogP contribution in [0, 0.1) is 11.7 Å². The molecule has 0 aromatic heterocycles. The number of alkyl halides is 3. The monoisotopic (exact) mass is 643 g/mol. The van der Waals surface area contributed by atoms with Gasteiger partial charge in [-0.15, -0.1) is 0 Å². The zero-order valence-corrected chi connectivity index (χ0v) is 26.0. The number of carbonyl (C=O) groups is 2. The zero-order chi connectivity index (χ0) is 32.6. The third-order valence-electron chi connectivity index (χ3n) is 7.48. The van der Waals surface area contributed by atoms with Crippen molar-refractivity contribution >= 4 is 27.5 Å². The summed E-state index contributed by atoms with van der Waals surface area (Å²) in [7, 11) is -0.503. The van der Waals surface area contributed by atoms with Crippen molar-refractivity contribution in [2.75, 3.05) is 44.1 Å².